The molecule has 0 spiro atoms. The van der Waals surface area contributed by atoms with Gasteiger partial charge in [-0.15, -0.1) is 11.6 Å². The molecule has 1 atom stereocenters. The molecule has 0 aromatic heterocycles. The number of amides is 1. The standard InChI is InChI=1S/C11H17ClF3NO2/c12-7-9-3-1-2-5-16(9)10(17)4-6-18-8-11(13,14)15/h9H,1-8H2. The summed E-state index contributed by atoms with van der Waals surface area (Å²) >= 11 is 5.77. The Bertz CT molecular complexity index is 274. The average Bonchev–Trinajstić information content (AvgIpc) is 2.33. The maximum Gasteiger partial charge on any atom is 0.411 e. The normalized spacial score (nSPS) is 21.1. The maximum absolute atomic E-state index is 11.8. The van der Waals surface area contributed by atoms with Gasteiger partial charge in [0.2, 0.25) is 5.91 Å². The summed E-state index contributed by atoms with van der Waals surface area (Å²) in [6.07, 6.45) is -1.55. The summed E-state index contributed by atoms with van der Waals surface area (Å²) in [5.41, 5.74) is 0. The Labute approximate surface area is 109 Å². The van der Waals surface area contributed by atoms with E-state index < -0.39 is 12.8 Å². The molecule has 0 aromatic carbocycles. The Morgan fingerprint density at radius 2 is 2.11 bits per heavy atom. The third kappa shape index (κ3) is 5.44. The van der Waals surface area contributed by atoms with E-state index in [4.69, 9.17) is 11.6 Å². The number of alkyl halides is 4. The van der Waals surface area contributed by atoms with Gasteiger partial charge in [-0.1, -0.05) is 0 Å². The fourth-order valence-electron chi connectivity index (χ4n) is 1.98. The molecule has 0 N–H and O–H groups in total. The van der Waals surface area contributed by atoms with Crippen LogP contribution in [0, 0.1) is 0 Å². The van der Waals surface area contributed by atoms with Crippen molar-refractivity contribution in [2.75, 3.05) is 25.6 Å². The third-order valence-corrected chi connectivity index (χ3v) is 3.21. The zero-order valence-corrected chi connectivity index (χ0v) is 10.8. The Morgan fingerprint density at radius 1 is 1.39 bits per heavy atom. The first kappa shape index (κ1) is 15.6. The van der Waals surface area contributed by atoms with Crippen molar-refractivity contribution in [3.63, 3.8) is 0 Å². The van der Waals surface area contributed by atoms with Crippen LogP contribution in [0.4, 0.5) is 13.2 Å². The van der Waals surface area contributed by atoms with Gasteiger partial charge in [-0.05, 0) is 19.3 Å². The van der Waals surface area contributed by atoms with E-state index >= 15 is 0 Å². The van der Waals surface area contributed by atoms with Gasteiger partial charge in [-0.3, -0.25) is 4.79 Å². The van der Waals surface area contributed by atoms with Gasteiger partial charge >= 0.3 is 6.18 Å². The van der Waals surface area contributed by atoms with E-state index in [0.717, 1.165) is 19.3 Å². The molecule has 1 unspecified atom stereocenters. The summed E-state index contributed by atoms with van der Waals surface area (Å²) in [6.45, 7) is -0.876. The Hall–Kier alpha value is -0.490. The van der Waals surface area contributed by atoms with Gasteiger partial charge in [0.1, 0.15) is 6.61 Å². The zero-order valence-electron chi connectivity index (χ0n) is 10.0. The van der Waals surface area contributed by atoms with Crippen LogP contribution in [0.5, 0.6) is 0 Å². The number of hydrogen-bond donors (Lipinski definition) is 0. The highest BCUT2D eigenvalue weighted by molar-refractivity contribution is 6.18. The number of carbonyl (C=O) groups excluding carboxylic acids is 1. The predicted molar refractivity (Wildman–Crippen MR) is 61.6 cm³/mol. The number of rotatable bonds is 5. The molecular formula is C11H17ClF3NO2. The number of hydrogen-bond acceptors (Lipinski definition) is 2. The van der Waals surface area contributed by atoms with Gasteiger partial charge in [0.05, 0.1) is 13.0 Å². The van der Waals surface area contributed by atoms with Crippen LogP contribution in [-0.4, -0.2) is 48.7 Å². The molecule has 0 bridgehead atoms. The second-order valence-corrected chi connectivity index (χ2v) is 4.62. The molecule has 1 heterocycles. The summed E-state index contributed by atoms with van der Waals surface area (Å²) in [5.74, 6) is 0.192. The van der Waals surface area contributed by atoms with Gasteiger partial charge in [0, 0.05) is 18.5 Å². The van der Waals surface area contributed by atoms with Crippen LogP contribution >= 0.6 is 11.6 Å². The third-order valence-electron chi connectivity index (χ3n) is 2.85. The van der Waals surface area contributed by atoms with E-state index in [-0.39, 0.29) is 25.0 Å². The number of likely N-dealkylation sites (tertiary alicyclic amines) is 1. The van der Waals surface area contributed by atoms with E-state index in [9.17, 15) is 18.0 Å². The molecule has 0 radical (unpaired) electrons. The van der Waals surface area contributed by atoms with Crippen LogP contribution in [0.15, 0.2) is 0 Å². The number of halogens is 4. The van der Waals surface area contributed by atoms with Crippen LogP contribution in [0.2, 0.25) is 0 Å². The number of carbonyl (C=O) groups is 1. The minimum absolute atomic E-state index is 0.00975. The highest BCUT2D eigenvalue weighted by Gasteiger charge is 2.28. The summed E-state index contributed by atoms with van der Waals surface area (Å²) < 4.78 is 39.9. The summed E-state index contributed by atoms with van der Waals surface area (Å²) in [6, 6.07) is 0.00975. The van der Waals surface area contributed by atoms with Crippen molar-refractivity contribution in [3.05, 3.63) is 0 Å². The minimum atomic E-state index is -4.34. The molecule has 0 aliphatic carbocycles. The Morgan fingerprint density at radius 3 is 2.72 bits per heavy atom. The fraction of sp³-hybridized carbons (Fsp3) is 0.909. The van der Waals surface area contributed by atoms with Crippen molar-refractivity contribution in [2.24, 2.45) is 0 Å². The van der Waals surface area contributed by atoms with Crippen molar-refractivity contribution in [1.82, 2.24) is 4.90 Å². The minimum Gasteiger partial charge on any atom is -0.372 e. The lowest BCUT2D eigenvalue weighted by molar-refractivity contribution is -0.175. The largest absolute Gasteiger partial charge is 0.411 e. The summed E-state index contributed by atoms with van der Waals surface area (Å²) in [7, 11) is 0. The Balaban J connectivity index is 2.27. The lowest BCUT2D eigenvalue weighted by Crippen LogP contribution is -2.45. The smallest absolute Gasteiger partial charge is 0.372 e. The molecule has 106 valence electrons. The molecule has 0 saturated carbocycles. The monoisotopic (exact) mass is 287 g/mol. The van der Waals surface area contributed by atoms with Gasteiger partial charge in [0.15, 0.2) is 0 Å². The zero-order chi connectivity index (χ0) is 13.6. The summed E-state index contributed by atoms with van der Waals surface area (Å²) in [5, 5.41) is 0. The van der Waals surface area contributed by atoms with Crippen molar-refractivity contribution in [3.8, 4) is 0 Å². The molecule has 1 amide bonds. The summed E-state index contributed by atoms with van der Waals surface area (Å²) in [4.78, 5) is 13.5. The van der Waals surface area contributed by atoms with E-state index in [1.807, 2.05) is 0 Å². The van der Waals surface area contributed by atoms with Crippen LogP contribution in [-0.2, 0) is 9.53 Å². The van der Waals surface area contributed by atoms with E-state index in [2.05, 4.69) is 4.74 Å². The molecule has 18 heavy (non-hydrogen) atoms. The van der Waals surface area contributed by atoms with Crippen molar-refractivity contribution in [2.45, 2.75) is 37.9 Å². The van der Waals surface area contributed by atoms with Crippen molar-refractivity contribution >= 4 is 17.5 Å². The highest BCUT2D eigenvalue weighted by Crippen LogP contribution is 2.19. The molecule has 1 aliphatic rings. The number of piperidine rings is 1. The molecule has 1 rings (SSSR count). The molecule has 0 aromatic rings. The molecule has 1 fully saturated rings. The van der Waals surface area contributed by atoms with Crippen LogP contribution < -0.4 is 0 Å². The van der Waals surface area contributed by atoms with Gasteiger partial charge < -0.3 is 9.64 Å². The predicted octanol–water partition coefficient (Wildman–Crippen LogP) is 2.58. The fourth-order valence-corrected chi connectivity index (χ4v) is 2.30. The van der Waals surface area contributed by atoms with Crippen molar-refractivity contribution in [1.29, 1.82) is 0 Å². The van der Waals surface area contributed by atoms with Crippen molar-refractivity contribution < 1.29 is 22.7 Å². The van der Waals surface area contributed by atoms with Crippen LogP contribution in [0.3, 0.4) is 0 Å². The van der Waals surface area contributed by atoms with Gasteiger partial charge in [-0.25, -0.2) is 0 Å². The van der Waals surface area contributed by atoms with Crippen LogP contribution in [0.1, 0.15) is 25.7 Å². The van der Waals surface area contributed by atoms with Crippen LogP contribution in [0.25, 0.3) is 0 Å². The Kier molecular flexibility index (Phi) is 6.21. The van der Waals surface area contributed by atoms with Gasteiger partial charge in [-0.2, -0.15) is 13.2 Å². The first-order chi connectivity index (χ1) is 8.44. The average molecular weight is 288 g/mol. The topological polar surface area (TPSA) is 29.5 Å². The second kappa shape index (κ2) is 7.19. The van der Waals surface area contributed by atoms with E-state index in [1.165, 1.54) is 0 Å². The first-order valence-electron chi connectivity index (χ1n) is 5.94. The lowest BCUT2D eigenvalue weighted by atomic mass is 10.0. The van der Waals surface area contributed by atoms with E-state index in [1.54, 1.807) is 4.90 Å². The molecule has 7 heteroatoms. The number of nitrogens with zero attached hydrogens (tertiary/aromatic N) is 1. The second-order valence-electron chi connectivity index (χ2n) is 4.31. The quantitative estimate of drug-likeness (QED) is 0.574. The lowest BCUT2D eigenvalue weighted by Gasteiger charge is -2.34. The SMILES string of the molecule is O=C(CCOCC(F)(F)F)N1CCCCC1CCl. The first-order valence-corrected chi connectivity index (χ1v) is 6.47. The molecule has 1 aliphatic heterocycles. The highest BCUT2D eigenvalue weighted by atomic mass is 35.5. The number of ether oxygens (including phenoxy) is 1. The molecule has 3 nitrogen and oxygen atoms in total. The maximum atomic E-state index is 11.8. The van der Waals surface area contributed by atoms with E-state index in [0.29, 0.717) is 12.4 Å². The van der Waals surface area contributed by atoms with Gasteiger partial charge in [0.25, 0.3) is 0 Å². The molecular weight excluding hydrogens is 271 g/mol. The molecule has 1 saturated heterocycles.